The van der Waals surface area contributed by atoms with Gasteiger partial charge in [-0.15, -0.1) is 0 Å². The minimum absolute atomic E-state index is 0.0535. The number of hydrogen-bond acceptors (Lipinski definition) is 12. The molecule has 52 heavy (non-hydrogen) atoms. The molecule has 0 saturated carbocycles. The van der Waals surface area contributed by atoms with E-state index in [0.717, 1.165) is 11.8 Å². The number of benzene rings is 1. The molecule has 0 radical (unpaired) electrons. The first-order valence-corrected chi connectivity index (χ1v) is 17.6. The Morgan fingerprint density at radius 2 is 1.60 bits per heavy atom. The average molecular weight is 737 g/mol. The van der Waals surface area contributed by atoms with Crippen LogP contribution in [0.5, 0.6) is 0 Å². The van der Waals surface area contributed by atoms with Crippen molar-refractivity contribution in [3.8, 4) is 0 Å². The van der Waals surface area contributed by atoms with Gasteiger partial charge in [0.1, 0.15) is 18.9 Å². The van der Waals surface area contributed by atoms with Crippen molar-refractivity contribution < 1.29 is 47.8 Å². The highest BCUT2D eigenvalue weighted by Crippen LogP contribution is 2.18. The van der Waals surface area contributed by atoms with Crippen molar-refractivity contribution in [1.82, 2.24) is 20.9 Å². The van der Waals surface area contributed by atoms with E-state index in [9.17, 15) is 33.6 Å². The van der Waals surface area contributed by atoms with E-state index in [1.165, 1.54) is 11.9 Å². The van der Waals surface area contributed by atoms with Crippen LogP contribution in [-0.4, -0.2) is 113 Å². The van der Waals surface area contributed by atoms with Gasteiger partial charge in [0.05, 0.1) is 44.9 Å². The second kappa shape index (κ2) is 28.3. The van der Waals surface area contributed by atoms with Crippen molar-refractivity contribution in [3.05, 3.63) is 29.8 Å². The predicted octanol–water partition coefficient (Wildman–Crippen LogP) is 1.16. The third-order valence-corrected chi connectivity index (χ3v) is 7.55. The Morgan fingerprint density at radius 1 is 0.962 bits per heavy atom. The molecule has 0 bridgehead atoms. The number of carbonyl (C=O) groups is 7. The number of nitrogens with one attached hydrogen (secondary N) is 4. The maximum atomic E-state index is 12.9. The molecule has 0 aromatic heterocycles. The van der Waals surface area contributed by atoms with Crippen molar-refractivity contribution >= 4 is 48.0 Å². The van der Waals surface area contributed by atoms with Gasteiger partial charge in [-0.25, -0.2) is 0 Å². The molecule has 1 aromatic carbocycles. The van der Waals surface area contributed by atoms with E-state index < -0.39 is 12.1 Å². The van der Waals surface area contributed by atoms with Crippen LogP contribution in [0, 0.1) is 17.8 Å². The second-order valence-electron chi connectivity index (χ2n) is 12.4. The second-order valence-corrected chi connectivity index (χ2v) is 12.4. The lowest BCUT2D eigenvalue weighted by Crippen LogP contribution is -2.52. The summed E-state index contributed by atoms with van der Waals surface area (Å²) in [5.74, 6) is -1.46. The highest BCUT2D eigenvalue weighted by molar-refractivity contribution is 6.03. The fourth-order valence-electron chi connectivity index (χ4n) is 4.69. The predicted molar refractivity (Wildman–Crippen MR) is 196 cm³/mol. The Bertz CT molecular complexity index is 1230. The van der Waals surface area contributed by atoms with Crippen molar-refractivity contribution in [2.75, 3.05) is 58.9 Å². The van der Waals surface area contributed by atoms with Crippen molar-refractivity contribution in [3.63, 3.8) is 0 Å². The van der Waals surface area contributed by atoms with E-state index in [1.807, 2.05) is 13.8 Å². The number of carbonyl (C=O) groups excluding carboxylic acids is 7. The largest absolute Gasteiger partial charge is 0.461 e. The molecule has 1 saturated heterocycles. The van der Waals surface area contributed by atoms with Crippen LogP contribution < -0.4 is 27.0 Å². The van der Waals surface area contributed by atoms with Crippen LogP contribution in [0.25, 0.3) is 0 Å². The van der Waals surface area contributed by atoms with Gasteiger partial charge in [0, 0.05) is 31.0 Å². The van der Waals surface area contributed by atoms with E-state index in [4.69, 9.17) is 14.2 Å². The molecule has 0 aliphatic carbocycles. The summed E-state index contributed by atoms with van der Waals surface area (Å²) in [7, 11) is 3.20. The fourth-order valence-corrected chi connectivity index (χ4v) is 4.69. The standard InChI is InChI=1S/C23H36N4O5.C12H19NO5.CH5N/c1-15(2)20(24-5)22(30)27-19(7-6-12-25-14-28)21(29)26-18-10-8-17(9-11-18)13-32-23(31)16(3)4;1-10-9-11(15)13(12(10)16)3-6-18-8-7-17-5-2-4-14;1-2/h8-11,14-16,19-20,24H,6-7,12-13H2,1-5H3,(H,25,28)(H,26,29)(H,27,30);4,10H,2-3,5-9H2,1H3;2H2,1H3. The number of esters is 1. The first-order chi connectivity index (χ1) is 24.9. The van der Waals surface area contributed by atoms with Gasteiger partial charge in [-0.1, -0.05) is 46.8 Å². The highest BCUT2D eigenvalue weighted by atomic mass is 16.5. The quantitative estimate of drug-likeness (QED) is 0.0462. The number of nitrogens with zero attached hydrogens (tertiary/aromatic N) is 1. The van der Waals surface area contributed by atoms with Crippen LogP contribution in [0.3, 0.4) is 0 Å². The monoisotopic (exact) mass is 736 g/mol. The fraction of sp³-hybridized carbons (Fsp3) is 0.639. The molecule has 6 N–H and O–H groups in total. The van der Waals surface area contributed by atoms with Crippen LogP contribution in [0.1, 0.15) is 65.9 Å². The minimum atomic E-state index is -0.753. The number of ether oxygens (including phenoxy) is 3. The van der Waals surface area contributed by atoms with Crippen LogP contribution in [0.4, 0.5) is 5.69 Å². The number of aldehydes is 1. The molecule has 1 aliphatic rings. The number of likely N-dealkylation sites (N-methyl/N-ethyl adjacent to an activating group) is 1. The molecule has 294 valence electrons. The number of hydrogen-bond donors (Lipinski definition) is 5. The molecule has 0 spiro atoms. The Labute approximate surface area is 307 Å². The summed E-state index contributed by atoms with van der Waals surface area (Å²) in [6.45, 7) is 11.5. The third-order valence-electron chi connectivity index (χ3n) is 7.55. The molecule has 1 aliphatic heterocycles. The van der Waals surface area contributed by atoms with Gasteiger partial charge in [0.25, 0.3) is 0 Å². The maximum Gasteiger partial charge on any atom is 0.308 e. The number of amides is 5. The lowest BCUT2D eigenvalue weighted by Gasteiger charge is -2.24. The summed E-state index contributed by atoms with van der Waals surface area (Å²) in [6.07, 6.45) is 2.98. The topological polar surface area (TPSA) is 225 Å². The van der Waals surface area contributed by atoms with Gasteiger partial charge in [0.15, 0.2) is 0 Å². The van der Waals surface area contributed by atoms with Crippen molar-refractivity contribution in [2.24, 2.45) is 23.5 Å². The number of likely N-dealkylation sites (tertiary alicyclic amines) is 1. The van der Waals surface area contributed by atoms with Crippen molar-refractivity contribution in [1.29, 1.82) is 0 Å². The van der Waals surface area contributed by atoms with Crippen LogP contribution in [0.15, 0.2) is 24.3 Å². The molecule has 2 rings (SSSR count). The molecule has 1 heterocycles. The van der Waals surface area contributed by atoms with Crippen LogP contribution in [0.2, 0.25) is 0 Å². The molecule has 16 nitrogen and oxygen atoms in total. The van der Waals surface area contributed by atoms with Gasteiger partial charge in [0.2, 0.25) is 30.0 Å². The van der Waals surface area contributed by atoms with E-state index in [2.05, 4.69) is 27.0 Å². The van der Waals surface area contributed by atoms with Crippen LogP contribution in [-0.2, 0) is 54.4 Å². The molecule has 3 atom stereocenters. The van der Waals surface area contributed by atoms with Gasteiger partial charge in [-0.3, -0.25) is 33.7 Å². The van der Waals surface area contributed by atoms with E-state index in [1.54, 1.807) is 52.1 Å². The molecule has 5 amide bonds. The van der Waals surface area contributed by atoms with E-state index >= 15 is 0 Å². The molecule has 1 aromatic rings. The van der Waals surface area contributed by atoms with Gasteiger partial charge in [-0.2, -0.15) is 0 Å². The Kier molecular flexibility index (Phi) is 26.0. The zero-order valence-corrected chi connectivity index (χ0v) is 31.7. The molecular weight excluding hydrogens is 676 g/mol. The van der Waals surface area contributed by atoms with Crippen LogP contribution >= 0.6 is 0 Å². The van der Waals surface area contributed by atoms with Gasteiger partial charge >= 0.3 is 5.97 Å². The summed E-state index contributed by atoms with van der Waals surface area (Å²) in [6, 6.07) is 5.78. The minimum Gasteiger partial charge on any atom is -0.461 e. The number of imide groups is 1. The maximum absolute atomic E-state index is 12.9. The highest BCUT2D eigenvalue weighted by Gasteiger charge is 2.35. The Morgan fingerprint density at radius 3 is 2.12 bits per heavy atom. The molecule has 16 heteroatoms. The molecule has 1 fully saturated rings. The van der Waals surface area contributed by atoms with E-state index in [0.29, 0.717) is 77.3 Å². The number of anilines is 1. The summed E-state index contributed by atoms with van der Waals surface area (Å²) < 4.78 is 15.5. The Hall–Kier alpha value is -4.25. The number of rotatable bonds is 23. The summed E-state index contributed by atoms with van der Waals surface area (Å²) in [5, 5.41) is 11.2. The average Bonchev–Trinajstić information content (AvgIpc) is 3.36. The Balaban J connectivity index is 0.00000110. The first-order valence-electron chi connectivity index (χ1n) is 17.6. The van der Waals surface area contributed by atoms with Gasteiger partial charge in [-0.05, 0) is 50.6 Å². The van der Waals surface area contributed by atoms with E-state index in [-0.39, 0.29) is 54.0 Å². The van der Waals surface area contributed by atoms with Crippen molar-refractivity contribution in [2.45, 2.75) is 79.0 Å². The SMILES string of the molecule is CC1CC(=O)N(CCOCCOCCC=O)C1=O.CN.CNC(C(=O)NC(CCCNC=O)C(=O)Nc1ccc(COC(=O)C(C)C)cc1)C(C)C. The summed E-state index contributed by atoms with van der Waals surface area (Å²) >= 11 is 0. The summed E-state index contributed by atoms with van der Waals surface area (Å²) in [4.78, 5) is 81.7. The lowest BCUT2D eigenvalue weighted by atomic mass is 10.0. The lowest BCUT2D eigenvalue weighted by molar-refractivity contribution is -0.148. The third kappa shape index (κ3) is 19.4. The normalized spacial score (nSPS) is 14.7. The zero-order chi connectivity index (χ0) is 39.5. The molecular formula is C36H60N6O10. The summed E-state index contributed by atoms with van der Waals surface area (Å²) in [5.41, 5.74) is 5.86. The van der Waals surface area contributed by atoms with Gasteiger partial charge < -0.3 is 46.0 Å². The first kappa shape index (κ1) is 47.8. The molecule has 3 unspecified atom stereocenters. The number of nitrogens with two attached hydrogens (primary N) is 1. The zero-order valence-electron chi connectivity index (χ0n) is 31.7. The smallest absolute Gasteiger partial charge is 0.308 e.